The molecule has 2 atom stereocenters. The van der Waals surface area contributed by atoms with Gasteiger partial charge in [-0.05, 0) is 30.4 Å². The monoisotopic (exact) mass is 285 g/mol. The van der Waals surface area contributed by atoms with Crippen LogP contribution in [0.5, 0.6) is 0 Å². The molecule has 2 rings (SSSR count). The average Bonchev–Trinajstić information content (AvgIpc) is 2.76. The molecule has 0 amide bonds. The Morgan fingerprint density at radius 2 is 2.33 bits per heavy atom. The molecule has 5 heteroatoms. The van der Waals surface area contributed by atoms with Crippen LogP contribution in [0.3, 0.4) is 0 Å². The van der Waals surface area contributed by atoms with Crippen molar-refractivity contribution in [3.8, 4) is 0 Å². The molecule has 0 radical (unpaired) electrons. The second-order valence-corrected chi connectivity index (χ2v) is 6.22. The highest BCUT2D eigenvalue weighted by Crippen LogP contribution is 2.30. The minimum atomic E-state index is -0.363. The van der Waals surface area contributed by atoms with E-state index >= 15 is 0 Å². The molecule has 1 aliphatic heterocycles. The molecule has 2 unspecified atom stereocenters. The van der Waals surface area contributed by atoms with Gasteiger partial charge >= 0.3 is 5.97 Å². The quantitative estimate of drug-likeness (QED) is 0.864. The number of nitrogens with one attached hydrogen (secondary N) is 1. The Balaban J connectivity index is 2.23. The van der Waals surface area contributed by atoms with Gasteiger partial charge in [0.2, 0.25) is 0 Å². The number of ether oxygens (including phenoxy) is 1. The summed E-state index contributed by atoms with van der Waals surface area (Å²) < 4.78 is 4.78. The Morgan fingerprint density at radius 1 is 1.56 bits per heavy atom. The van der Waals surface area contributed by atoms with Gasteiger partial charge in [-0.3, -0.25) is 0 Å². The van der Waals surface area contributed by atoms with Crippen molar-refractivity contribution in [2.75, 3.05) is 18.2 Å². The second-order valence-electron chi connectivity index (χ2n) is 4.30. The molecule has 0 aliphatic carbocycles. The van der Waals surface area contributed by atoms with Gasteiger partial charge in [0.15, 0.2) is 0 Å². The zero-order chi connectivity index (χ0) is 13.1. The lowest BCUT2D eigenvalue weighted by atomic mass is 10.1. The lowest BCUT2D eigenvalue weighted by Gasteiger charge is -2.19. The fourth-order valence-corrected chi connectivity index (χ4v) is 3.41. The highest BCUT2D eigenvalue weighted by Gasteiger charge is 2.25. The van der Waals surface area contributed by atoms with Crippen molar-refractivity contribution in [3.63, 3.8) is 0 Å². The van der Waals surface area contributed by atoms with Crippen molar-refractivity contribution in [1.29, 1.82) is 0 Å². The van der Waals surface area contributed by atoms with Crippen molar-refractivity contribution < 1.29 is 9.53 Å². The number of anilines is 1. The van der Waals surface area contributed by atoms with Crippen LogP contribution in [0.2, 0.25) is 5.02 Å². The van der Waals surface area contributed by atoms with Crippen LogP contribution in [0.25, 0.3) is 0 Å². The van der Waals surface area contributed by atoms with E-state index in [0.29, 0.717) is 21.9 Å². The maximum absolute atomic E-state index is 11.7. The predicted octanol–water partition coefficient (Wildman–Crippen LogP) is 3.43. The summed E-state index contributed by atoms with van der Waals surface area (Å²) in [7, 11) is 1.38. The number of carbonyl (C=O) groups is 1. The predicted molar refractivity (Wildman–Crippen MR) is 76.7 cm³/mol. The zero-order valence-electron chi connectivity index (χ0n) is 10.4. The fourth-order valence-electron chi connectivity index (χ4n) is 2.04. The van der Waals surface area contributed by atoms with Gasteiger partial charge < -0.3 is 10.1 Å². The summed E-state index contributed by atoms with van der Waals surface area (Å²) in [5, 5.41) is 4.51. The SMILES string of the molecule is COC(=O)c1cc(Cl)ccc1NC1CCSC1C. The molecular weight excluding hydrogens is 270 g/mol. The highest BCUT2D eigenvalue weighted by molar-refractivity contribution is 8.00. The normalized spacial score (nSPS) is 22.8. The molecule has 1 aromatic rings. The summed E-state index contributed by atoms with van der Waals surface area (Å²) in [4.78, 5) is 11.7. The number of hydrogen-bond acceptors (Lipinski definition) is 4. The first kappa shape index (κ1) is 13.6. The van der Waals surface area contributed by atoms with E-state index in [4.69, 9.17) is 16.3 Å². The van der Waals surface area contributed by atoms with E-state index in [1.807, 2.05) is 17.8 Å². The minimum Gasteiger partial charge on any atom is -0.465 e. The summed E-state index contributed by atoms with van der Waals surface area (Å²) >= 11 is 7.87. The summed E-state index contributed by atoms with van der Waals surface area (Å²) in [6.45, 7) is 2.20. The fraction of sp³-hybridized carbons (Fsp3) is 0.462. The molecule has 0 aromatic heterocycles. The average molecular weight is 286 g/mol. The second kappa shape index (κ2) is 5.85. The zero-order valence-corrected chi connectivity index (χ0v) is 12.0. The maximum Gasteiger partial charge on any atom is 0.340 e. The Kier molecular flexibility index (Phi) is 4.40. The molecule has 1 fully saturated rings. The molecule has 0 bridgehead atoms. The van der Waals surface area contributed by atoms with E-state index in [0.717, 1.165) is 17.9 Å². The van der Waals surface area contributed by atoms with Crippen molar-refractivity contribution in [2.45, 2.75) is 24.6 Å². The highest BCUT2D eigenvalue weighted by atomic mass is 35.5. The molecule has 3 nitrogen and oxygen atoms in total. The topological polar surface area (TPSA) is 38.3 Å². The van der Waals surface area contributed by atoms with Crippen LogP contribution < -0.4 is 5.32 Å². The van der Waals surface area contributed by atoms with Crippen molar-refractivity contribution >= 4 is 35.0 Å². The minimum absolute atomic E-state index is 0.363. The van der Waals surface area contributed by atoms with Crippen molar-refractivity contribution in [3.05, 3.63) is 28.8 Å². The number of thioether (sulfide) groups is 1. The number of esters is 1. The Labute approximate surface area is 116 Å². The Hall–Kier alpha value is -0.870. The van der Waals surface area contributed by atoms with Crippen molar-refractivity contribution in [1.82, 2.24) is 0 Å². The van der Waals surface area contributed by atoms with E-state index in [1.54, 1.807) is 12.1 Å². The lowest BCUT2D eigenvalue weighted by Crippen LogP contribution is -2.25. The van der Waals surface area contributed by atoms with E-state index in [9.17, 15) is 4.79 Å². The van der Waals surface area contributed by atoms with Crippen LogP contribution >= 0.6 is 23.4 Å². The van der Waals surface area contributed by atoms with Gasteiger partial charge in [0.1, 0.15) is 0 Å². The molecule has 98 valence electrons. The summed E-state index contributed by atoms with van der Waals surface area (Å²) in [6, 6.07) is 5.65. The molecule has 1 aromatic carbocycles. The molecular formula is C13H16ClNO2S. The van der Waals surface area contributed by atoms with Crippen LogP contribution in [-0.2, 0) is 4.74 Å². The maximum atomic E-state index is 11.7. The van der Waals surface area contributed by atoms with Crippen molar-refractivity contribution in [2.24, 2.45) is 0 Å². The van der Waals surface area contributed by atoms with Gasteiger partial charge in [0.05, 0.1) is 12.7 Å². The van der Waals surface area contributed by atoms with Crippen LogP contribution in [0, 0.1) is 0 Å². The van der Waals surface area contributed by atoms with Gasteiger partial charge in [-0.1, -0.05) is 18.5 Å². The number of methoxy groups -OCH3 is 1. The summed E-state index contributed by atoms with van der Waals surface area (Å²) in [6.07, 6.45) is 1.11. The van der Waals surface area contributed by atoms with Gasteiger partial charge in [-0.2, -0.15) is 11.8 Å². The number of benzene rings is 1. The first-order chi connectivity index (χ1) is 8.61. The molecule has 1 N–H and O–H groups in total. The molecule has 18 heavy (non-hydrogen) atoms. The van der Waals surface area contributed by atoms with Gasteiger partial charge in [0.25, 0.3) is 0 Å². The molecule has 0 saturated carbocycles. The van der Waals surface area contributed by atoms with Crippen LogP contribution in [0.15, 0.2) is 18.2 Å². The van der Waals surface area contributed by atoms with Gasteiger partial charge in [0, 0.05) is 22.0 Å². The van der Waals surface area contributed by atoms with Crippen LogP contribution in [-0.4, -0.2) is 30.1 Å². The van der Waals surface area contributed by atoms with E-state index in [-0.39, 0.29) is 5.97 Å². The third kappa shape index (κ3) is 2.93. The van der Waals surface area contributed by atoms with Gasteiger partial charge in [-0.15, -0.1) is 0 Å². The summed E-state index contributed by atoms with van der Waals surface area (Å²) in [5.74, 6) is 0.790. The van der Waals surface area contributed by atoms with E-state index in [2.05, 4.69) is 12.2 Å². The molecule has 0 spiro atoms. The van der Waals surface area contributed by atoms with E-state index in [1.165, 1.54) is 7.11 Å². The number of halogens is 1. The third-order valence-electron chi connectivity index (χ3n) is 3.10. The van der Waals surface area contributed by atoms with Crippen LogP contribution in [0.4, 0.5) is 5.69 Å². The van der Waals surface area contributed by atoms with Crippen LogP contribution in [0.1, 0.15) is 23.7 Å². The molecule has 1 aliphatic rings. The largest absolute Gasteiger partial charge is 0.465 e. The third-order valence-corrected chi connectivity index (χ3v) is 4.66. The molecule has 1 saturated heterocycles. The number of hydrogen-bond donors (Lipinski definition) is 1. The smallest absolute Gasteiger partial charge is 0.340 e. The Bertz CT molecular complexity index is 453. The van der Waals surface area contributed by atoms with Gasteiger partial charge in [-0.25, -0.2) is 4.79 Å². The van der Waals surface area contributed by atoms with E-state index < -0.39 is 0 Å². The standard InChI is InChI=1S/C13H16ClNO2S/c1-8-11(5-6-18-8)15-12-4-3-9(14)7-10(12)13(16)17-2/h3-4,7-8,11,15H,5-6H2,1-2H3. The number of rotatable bonds is 3. The number of carbonyl (C=O) groups excluding carboxylic acids is 1. The Morgan fingerprint density at radius 3 is 2.94 bits per heavy atom. The molecule has 1 heterocycles. The first-order valence-corrected chi connectivity index (χ1v) is 7.30. The first-order valence-electron chi connectivity index (χ1n) is 5.88. The lowest BCUT2D eigenvalue weighted by molar-refractivity contribution is 0.0602. The summed E-state index contributed by atoms with van der Waals surface area (Å²) in [5.41, 5.74) is 1.29.